The minimum absolute atomic E-state index is 0.0107. The van der Waals surface area contributed by atoms with Crippen LogP contribution < -0.4 is 4.90 Å². The first-order valence-electron chi connectivity index (χ1n) is 8.19. The molecule has 0 saturated carbocycles. The van der Waals surface area contributed by atoms with E-state index in [1.807, 2.05) is 0 Å². The maximum atomic E-state index is 12.4. The topological polar surface area (TPSA) is 76.0 Å². The van der Waals surface area contributed by atoms with Crippen LogP contribution in [0, 0.1) is 0 Å². The van der Waals surface area contributed by atoms with Gasteiger partial charge in [0.05, 0.1) is 28.3 Å². The highest BCUT2D eigenvalue weighted by Crippen LogP contribution is 2.43. The maximum absolute atomic E-state index is 12.4. The molecule has 3 saturated heterocycles. The van der Waals surface area contributed by atoms with Crippen LogP contribution in [0.15, 0.2) is 23.2 Å². The number of hydrogen-bond acceptors (Lipinski definition) is 5. The number of carbonyl (C=O) groups excluding carboxylic acids is 1. The van der Waals surface area contributed by atoms with Gasteiger partial charge in [0.25, 0.3) is 5.91 Å². The lowest BCUT2D eigenvalue weighted by Crippen LogP contribution is -2.38. The van der Waals surface area contributed by atoms with Crippen molar-refractivity contribution in [1.29, 1.82) is 0 Å². The van der Waals surface area contributed by atoms with Crippen LogP contribution in [0.1, 0.15) is 12.8 Å². The second kappa shape index (κ2) is 6.98. The lowest BCUT2D eigenvalue weighted by Gasteiger charge is -2.25. The molecule has 26 heavy (non-hydrogen) atoms. The molecule has 0 N–H and O–H groups in total. The standard InChI is InChI=1S/C16H16Cl2N2O4S2/c17-9-3-4-11(10(18)6-9)20-12-7-26(22,23)8-14(12)25-16(20)19-15(21)13-2-1-5-24-13/h3-4,6,12-14H,1-2,5,7-8H2/t12-,13+,14+/m1/s1. The zero-order chi connectivity index (χ0) is 18.5. The van der Waals surface area contributed by atoms with Crippen molar-refractivity contribution < 1.29 is 17.9 Å². The molecule has 0 spiro atoms. The van der Waals surface area contributed by atoms with Gasteiger partial charge in [0.2, 0.25) is 0 Å². The van der Waals surface area contributed by atoms with Crippen LogP contribution in [0.5, 0.6) is 0 Å². The summed E-state index contributed by atoms with van der Waals surface area (Å²) >= 11 is 13.6. The zero-order valence-electron chi connectivity index (χ0n) is 13.6. The molecule has 1 aromatic rings. The number of rotatable bonds is 2. The van der Waals surface area contributed by atoms with Gasteiger partial charge in [-0.3, -0.25) is 4.79 Å². The Balaban J connectivity index is 1.72. The van der Waals surface area contributed by atoms with Crippen molar-refractivity contribution in [1.82, 2.24) is 0 Å². The van der Waals surface area contributed by atoms with Crippen LogP contribution in [0.3, 0.4) is 0 Å². The summed E-state index contributed by atoms with van der Waals surface area (Å²) in [6.07, 6.45) is 0.975. The van der Waals surface area contributed by atoms with Gasteiger partial charge in [-0.25, -0.2) is 8.42 Å². The molecule has 10 heteroatoms. The molecule has 3 atom stereocenters. The molecule has 3 fully saturated rings. The molecular formula is C16H16Cl2N2O4S2. The van der Waals surface area contributed by atoms with Crippen molar-refractivity contribution in [2.24, 2.45) is 4.99 Å². The average molecular weight is 435 g/mol. The second-order valence-corrected chi connectivity index (χ2v) is 10.7. The van der Waals surface area contributed by atoms with Gasteiger partial charge < -0.3 is 9.64 Å². The number of anilines is 1. The third kappa shape index (κ3) is 3.49. The van der Waals surface area contributed by atoms with Crippen molar-refractivity contribution >= 4 is 61.6 Å². The average Bonchev–Trinajstić information content (AvgIpc) is 3.23. The number of ether oxygens (including phenoxy) is 1. The van der Waals surface area contributed by atoms with E-state index < -0.39 is 15.9 Å². The first-order valence-corrected chi connectivity index (χ1v) is 11.7. The number of amidine groups is 1. The zero-order valence-corrected chi connectivity index (χ0v) is 16.7. The number of amides is 1. The van der Waals surface area contributed by atoms with Gasteiger partial charge in [-0.15, -0.1) is 0 Å². The minimum Gasteiger partial charge on any atom is -0.368 e. The van der Waals surface area contributed by atoms with Crippen molar-refractivity contribution in [2.45, 2.75) is 30.2 Å². The number of hydrogen-bond donors (Lipinski definition) is 0. The summed E-state index contributed by atoms with van der Waals surface area (Å²) in [4.78, 5) is 18.5. The van der Waals surface area contributed by atoms with Crippen molar-refractivity contribution in [3.63, 3.8) is 0 Å². The van der Waals surface area contributed by atoms with Crippen LogP contribution in [-0.4, -0.2) is 55.0 Å². The SMILES string of the molecule is O=C(N=C1S[C@H]2CS(=O)(=O)C[C@H]2N1c1ccc(Cl)cc1Cl)[C@@H]1CCCO1. The molecule has 0 aromatic heterocycles. The molecule has 3 heterocycles. The van der Waals surface area contributed by atoms with Crippen LogP contribution in [0.4, 0.5) is 5.69 Å². The highest BCUT2D eigenvalue weighted by atomic mass is 35.5. The largest absolute Gasteiger partial charge is 0.368 e. The van der Waals surface area contributed by atoms with Gasteiger partial charge in [0.1, 0.15) is 6.10 Å². The number of sulfone groups is 1. The molecule has 140 valence electrons. The molecule has 6 nitrogen and oxygen atoms in total. The number of carbonyl (C=O) groups is 1. The van der Waals surface area contributed by atoms with E-state index in [1.54, 1.807) is 23.1 Å². The lowest BCUT2D eigenvalue weighted by molar-refractivity contribution is -0.126. The molecule has 0 aliphatic carbocycles. The summed E-state index contributed by atoms with van der Waals surface area (Å²) in [6.45, 7) is 0.560. The van der Waals surface area contributed by atoms with E-state index in [0.29, 0.717) is 33.9 Å². The van der Waals surface area contributed by atoms with E-state index in [9.17, 15) is 13.2 Å². The first-order chi connectivity index (χ1) is 12.3. The van der Waals surface area contributed by atoms with Gasteiger partial charge >= 0.3 is 0 Å². The summed E-state index contributed by atoms with van der Waals surface area (Å²) in [5.74, 6) is -0.253. The summed E-state index contributed by atoms with van der Waals surface area (Å²) in [6, 6.07) is 4.70. The molecular weight excluding hydrogens is 419 g/mol. The van der Waals surface area contributed by atoms with Gasteiger partial charge in [0, 0.05) is 16.9 Å². The lowest BCUT2D eigenvalue weighted by atomic mass is 10.2. The number of aliphatic imine (C=N–C) groups is 1. The Labute approximate surface area is 165 Å². The van der Waals surface area contributed by atoms with Gasteiger partial charge in [-0.2, -0.15) is 4.99 Å². The molecule has 0 unspecified atom stereocenters. The molecule has 0 radical (unpaired) electrons. The third-order valence-electron chi connectivity index (χ3n) is 4.65. The molecule has 3 aliphatic heterocycles. The van der Waals surface area contributed by atoms with Crippen molar-refractivity contribution in [3.05, 3.63) is 28.2 Å². The van der Waals surface area contributed by atoms with E-state index in [2.05, 4.69) is 4.99 Å². The Morgan fingerprint density at radius 3 is 2.81 bits per heavy atom. The summed E-state index contributed by atoms with van der Waals surface area (Å²) in [5.41, 5.74) is 0.604. The Kier molecular flexibility index (Phi) is 4.98. The van der Waals surface area contributed by atoms with E-state index in [4.69, 9.17) is 27.9 Å². The number of fused-ring (bicyclic) bond motifs is 1. The van der Waals surface area contributed by atoms with E-state index in [1.165, 1.54) is 11.8 Å². The maximum Gasteiger partial charge on any atom is 0.277 e. The smallest absolute Gasteiger partial charge is 0.277 e. The fraction of sp³-hybridized carbons (Fsp3) is 0.500. The number of thioether (sulfide) groups is 1. The molecule has 3 aliphatic rings. The monoisotopic (exact) mass is 434 g/mol. The van der Waals surface area contributed by atoms with Gasteiger partial charge in [0.15, 0.2) is 15.0 Å². The molecule has 1 aromatic carbocycles. The summed E-state index contributed by atoms with van der Waals surface area (Å²) < 4.78 is 29.6. The fourth-order valence-electron chi connectivity index (χ4n) is 3.46. The summed E-state index contributed by atoms with van der Waals surface area (Å²) in [7, 11) is -3.13. The highest BCUT2D eigenvalue weighted by Gasteiger charge is 2.50. The number of halogens is 2. The Hall–Kier alpha value is -0.800. The van der Waals surface area contributed by atoms with Crippen LogP contribution in [-0.2, 0) is 19.4 Å². The predicted molar refractivity (Wildman–Crippen MR) is 104 cm³/mol. The predicted octanol–water partition coefficient (Wildman–Crippen LogP) is 2.77. The van der Waals surface area contributed by atoms with Crippen LogP contribution in [0.25, 0.3) is 0 Å². The first kappa shape index (κ1) is 18.6. The fourth-order valence-corrected chi connectivity index (χ4v) is 7.87. The Morgan fingerprint density at radius 1 is 1.31 bits per heavy atom. The number of benzene rings is 1. The van der Waals surface area contributed by atoms with E-state index in [0.717, 1.165) is 6.42 Å². The van der Waals surface area contributed by atoms with Crippen LogP contribution in [0.2, 0.25) is 10.0 Å². The highest BCUT2D eigenvalue weighted by molar-refractivity contribution is 8.16. The summed E-state index contributed by atoms with van der Waals surface area (Å²) in [5, 5.41) is 1.16. The van der Waals surface area contributed by atoms with E-state index >= 15 is 0 Å². The van der Waals surface area contributed by atoms with E-state index in [-0.39, 0.29) is 28.7 Å². The second-order valence-electron chi connectivity index (χ2n) is 6.50. The quantitative estimate of drug-likeness (QED) is 0.711. The van der Waals surface area contributed by atoms with Crippen molar-refractivity contribution in [3.8, 4) is 0 Å². The van der Waals surface area contributed by atoms with Gasteiger partial charge in [-0.05, 0) is 31.0 Å². The Bertz CT molecular complexity index is 884. The third-order valence-corrected chi connectivity index (χ3v) is 8.39. The minimum atomic E-state index is -3.13. The molecule has 4 rings (SSSR count). The number of nitrogens with zero attached hydrogens (tertiary/aromatic N) is 2. The van der Waals surface area contributed by atoms with Crippen LogP contribution >= 0.6 is 35.0 Å². The normalized spacial score (nSPS) is 31.5. The molecule has 0 bridgehead atoms. The van der Waals surface area contributed by atoms with Crippen molar-refractivity contribution in [2.75, 3.05) is 23.0 Å². The Morgan fingerprint density at radius 2 is 2.12 bits per heavy atom. The molecule has 1 amide bonds. The van der Waals surface area contributed by atoms with Gasteiger partial charge in [-0.1, -0.05) is 35.0 Å².